The Morgan fingerprint density at radius 3 is 2.43 bits per heavy atom. The van der Waals surface area contributed by atoms with Crippen molar-refractivity contribution in [2.24, 2.45) is 0 Å². The Morgan fingerprint density at radius 1 is 1.09 bits per heavy atom. The number of anilines is 2. The summed E-state index contributed by atoms with van der Waals surface area (Å²) in [5.74, 6) is -0.984. The maximum Gasteiger partial charge on any atom is 0.416 e. The van der Waals surface area contributed by atoms with Crippen molar-refractivity contribution >= 4 is 23.2 Å². The zero-order valence-corrected chi connectivity index (χ0v) is 11.7. The first-order valence-corrected chi connectivity index (χ1v) is 6.74. The first-order chi connectivity index (χ1) is 10.9. The van der Waals surface area contributed by atoms with Crippen molar-refractivity contribution in [3.05, 3.63) is 59.7 Å². The normalized spacial score (nSPS) is 14.2. The van der Waals surface area contributed by atoms with Crippen LogP contribution in [0.15, 0.2) is 48.5 Å². The van der Waals surface area contributed by atoms with Gasteiger partial charge in [0.2, 0.25) is 5.91 Å². The highest BCUT2D eigenvalue weighted by Gasteiger charge is 2.34. The summed E-state index contributed by atoms with van der Waals surface area (Å²) in [7, 11) is 0. The van der Waals surface area contributed by atoms with E-state index in [2.05, 4.69) is 5.32 Å². The van der Waals surface area contributed by atoms with Gasteiger partial charge in [-0.15, -0.1) is 0 Å². The van der Waals surface area contributed by atoms with Gasteiger partial charge < -0.3 is 5.32 Å². The summed E-state index contributed by atoms with van der Waals surface area (Å²) in [6.07, 6.45) is -4.52. The number of hydrogen-bond donors (Lipinski definition) is 1. The van der Waals surface area contributed by atoms with E-state index in [0.717, 1.165) is 12.1 Å². The largest absolute Gasteiger partial charge is 0.416 e. The molecule has 3 rings (SSSR count). The molecule has 2 amide bonds. The van der Waals surface area contributed by atoms with Crippen LogP contribution in [0, 0.1) is 0 Å². The molecule has 0 radical (unpaired) electrons. The molecular weight excluding hydrogens is 309 g/mol. The first-order valence-electron chi connectivity index (χ1n) is 6.74. The summed E-state index contributed by atoms with van der Waals surface area (Å²) in [6, 6.07) is 11.2. The number of nitrogens with zero attached hydrogens (tertiary/aromatic N) is 1. The third kappa shape index (κ3) is 2.90. The van der Waals surface area contributed by atoms with Gasteiger partial charge in [0.15, 0.2) is 0 Å². The van der Waals surface area contributed by atoms with Gasteiger partial charge in [0.25, 0.3) is 5.91 Å². The van der Waals surface area contributed by atoms with Crippen molar-refractivity contribution in [3.8, 4) is 0 Å². The van der Waals surface area contributed by atoms with E-state index in [1.807, 2.05) is 0 Å². The van der Waals surface area contributed by atoms with Crippen LogP contribution in [-0.4, -0.2) is 18.4 Å². The second-order valence-electron chi connectivity index (χ2n) is 5.04. The molecule has 0 unspecified atom stereocenters. The smallest absolute Gasteiger partial charge is 0.323 e. The third-order valence-electron chi connectivity index (χ3n) is 3.46. The highest BCUT2D eigenvalue weighted by molar-refractivity contribution is 6.15. The fourth-order valence-corrected chi connectivity index (χ4v) is 2.38. The molecule has 0 saturated carbocycles. The van der Waals surface area contributed by atoms with Gasteiger partial charge in [0, 0.05) is 5.56 Å². The standard InChI is InChI=1S/C16H11F3N2O2/c17-16(18,19)11-6-7-13-12(8-11)20-14(22)9-21(13)15(23)10-4-2-1-3-5-10/h1-8H,9H2,(H,20,22). The van der Waals surface area contributed by atoms with Gasteiger partial charge >= 0.3 is 6.18 Å². The lowest BCUT2D eigenvalue weighted by molar-refractivity contribution is -0.137. The summed E-state index contributed by atoms with van der Waals surface area (Å²) in [6.45, 7) is -0.244. The second kappa shape index (κ2) is 5.42. The number of alkyl halides is 3. The van der Waals surface area contributed by atoms with E-state index in [9.17, 15) is 22.8 Å². The number of fused-ring (bicyclic) bond motifs is 1. The quantitative estimate of drug-likeness (QED) is 0.876. The average molecular weight is 320 g/mol. The fourth-order valence-electron chi connectivity index (χ4n) is 2.38. The van der Waals surface area contributed by atoms with Crippen LogP contribution < -0.4 is 10.2 Å². The van der Waals surface area contributed by atoms with Crippen molar-refractivity contribution < 1.29 is 22.8 Å². The van der Waals surface area contributed by atoms with Gasteiger partial charge in [0.05, 0.1) is 16.9 Å². The van der Waals surface area contributed by atoms with E-state index in [4.69, 9.17) is 0 Å². The Labute approximate surface area is 129 Å². The first kappa shape index (κ1) is 15.1. The molecule has 1 N–H and O–H groups in total. The summed E-state index contributed by atoms with van der Waals surface area (Å²) >= 11 is 0. The zero-order valence-electron chi connectivity index (χ0n) is 11.7. The molecular formula is C16H11F3N2O2. The van der Waals surface area contributed by atoms with Crippen LogP contribution >= 0.6 is 0 Å². The van der Waals surface area contributed by atoms with Crippen LogP contribution in [0.1, 0.15) is 15.9 Å². The number of amides is 2. The average Bonchev–Trinajstić information content (AvgIpc) is 2.52. The third-order valence-corrected chi connectivity index (χ3v) is 3.46. The summed E-state index contributed by atoms with van der Waals surface area (Å²) < 4.78 is 38.3. The van der Waals surface area contributed by atoms with Gasteiger partial charge in [-0.3, -0.25) is 14.5 Å². The molecule has 0 spiro atoms. The highest BCUT2D eigenvalue weighted by atomic mass is 19.4. The van der Waals surface area contributed by atoms with Gasteiger partial charge in [0.1, 0.15) is 6.54 Å². The van der Waals surface area contributed by atoms with E-state index in [1.54, 1.807) is 30.3 Å². The van der Waals surface area contributed by atoms with Crippen LogP contribution in [0.2, 0.25) is 0 Å². The molecule has 1 aliphatic rings. The lowest BCUT2D eigenvalue weighted by atomic mass is 10.1. The zero-order chi connectivity index (χ0) is 16.6. The maximum atomic E-state index is 12.8. The van der Waals surface area contributed by atoms with Crippen molar-refractivity contribution in [1.29, 1.82) is 0 Å². The molecule has 0 bridgehead atoms. The van der Waals surface area contributed by atoms with Crippen LogP contribution in [0.25, 0.3) is 0 Å². The summed E-state index contributed by atoms with van der Waals surface area (Å²) in [4.78, 5) is 25.4. The molecule has 23 heavy (non-hydrogen) atoms. The van der Waals surface area contributed by atoms with Gasteiger partial charge in [-0.2, -0.15) is 13.2 Å². The van der Waals surface area contributed by atoms with Crippen molar-refractivity contribution in [3.63, 3.8) is 0 Å². The minimum absolute atomic E-state index is 0.0274. The maximum absolute atomic E-state index is 12.8. The molecule has 0 aliphatic carbocycles. The Bertz CT molecular complexity index is 773. The number of carbonyl (C=O) groups excluding carboxylic acids is 2. The minimum Gasteiger partial charge on any atom is -0.323 e. The Balaban J connectivity index is 2.03. The van der Waals surface area contributed by atoms with E-state index in [1.165, 1.54) is 11.0 Å². The summed E-state index contributed by atoms with van der Waals surface area (Å²) in [5, 5.41) is 2.38. The predicted octanol–water partition coefficient (Wildman–Crippen LogP) is 3.30. The number of halogens is 3. The molecule has 2 aromatic rings. The molecule has 118 valence electrons. The van der Waals surface area contributed by atoms with Crippen LogP contribution in [-0.2, 0) is 11.0 Å². The Hall–Kier alpha value is -2.83. The predicted molar refractivity (Wildman–Crippen MR) is 78.2 cm³/mol. The Morgan fingerprint density at radius 2 is 1.78 bits per heavy atom. The van der Waals surface area contributed by atoms with E-state index in [0.29, 0.717) is 5.56 Å². The molecule has 4 nitrogen and oxygen atoms in total. The van der Waals surface area contributed by atoms with Crippen LogP contribution in [0.5, 0.6) is 0 Å². The van der Waals surface area contributed by atoms with Gasteiger partial charge in [-0.1, -0.05) is 18.2 Å². The monoisotopic (exact) mass is 320 g/mol. The highest BCUT2D eigenvalue weighted by Crippen LogP contribution is 2.37. The van der Waals surface area contributed by atoms with Gasteiger partial charge in [-0.05, 0) is 30.3 Å². The van der Waals surface area contributed by atoms with Crippen molar-refractivity contribution in [2.45, 2.75) is 6.18 Å². The molecule has 0 fully saturated rings. The van der Waals surface area contributed by atoms with Crippen LogP contribution in [0.3, 0.4) is 0 Å². The molecule has 0 aromatic heterocycles. The number of nitrogens with one attached hydrogen (secondary N) is 1. The van der Waals surface area contributed by atoms with Crippen LogP contribution in [0.4, 0.5) is 24.5 Å². The van der Waals surface area contributed by atoms with Crippen molar-refractivity contribution in [1.82, 2.24) is 0 Å². The topological polar surface area (TPSA) is 49.4 Å². The second-order valence-corrected chi connectivity index (χ2v) is 5.04. The SMILES string of the molecule is O=C1CN(C(=O)c2ccccc2)c2ccc(C(F)(F)F)cc2N1. The van der Waals surface area contributed by atoms with E-state index in [-0.39, 0.29) is 17.9 Å². The minimum atomic E-state index is -4.52. The number of benzene rings is 2. The number of hydrogen-bond acceptors (Lipinski definition) is 2. The lowest BCUT2D eigenvalue weighted by Gasteiger charge is -2.29. The van der Waals surface area contributed by atoms with E-state index >= 15 is 0 Å². The molecule has 0 atom stereocenters. The lowest BCUT2D eigenvalue weighted by Crippen LogP contribution is -2.42. The molecule has 1 heterocycles. The molecule has 2 aromatic carbocycles. The number of carbonyl (C=O) groups is 2. The number of rotatable bonds is 1. The summed E-state index contributed by atoms with van der Waals surface area (Å²) in [5.41, 5.74) is -0.314. The van der Waals surface area contributed by atoms with Crippen molar-refractivity contribution in [2.75, 3.05) is 16.8 Å². The Kier molecular flexibility index (Phi) is 3.55. The molecule has 7 heteroatoms. The molecule has 1 aliphatic heterocycles. The van der Waals surface area contributed by atoms with E-state index < -0.39 is 23.6 Å². The molecule has 0 saturated heterocycles. The van der Waals surface area contributed by atoms with Gasteiger partial charge in [-0.25, -0.2) is 0 Å². The fraction of sp³-hybridized carbons (Fsp3) is 0.125.